The Hall–Kier alpha value is -0.250. The summed E-state index contributed by atoms with van der Waals surface area (Å²) < 4.78 is 0.855. The molecule has 0 saturated heterocycles. The van der Waals surface area contributed by atoms with Crippen molar-refractivity contribution in [3.8, 4) is 5.75 Å². The number of hydrogen-bond donors (Lipinski definition) is 2. The third-order valence-corrected chi connectivity index (χ3v) is 2.27. The third-order valence-electron chi connectivity index (χ3n) is 1.52. The van der Waals surface area contributed by atoms with E-state index in [2.05, 4.69) is 15.9 Å². The molecule has 0 aliphatic rings. The van der Waals surface area contributed by atoms with Crippen molar-refractivity contribution in [1.29, 1.82) is 0 Å². The van der Waals surface area contributed by atoms with Gasteiger partial charge < -0.3 is 10.8 Å². The van der Waals surface area contributed by atoms with Crippen LogP contribution in [-0.4, -0.2) is 11.7 Å². The number of phenolic OH excluding ortho intramolecular Hbond substituents is 1. The average molecular weight is 251 g/mol. The fourth-order valence-corrected chi connectivity index (χ4v) is 1.84. The molecular formula is C8H9BrClNO. The first-order valence-corrected chi connectivity index (χ1v) is 4.69. The van der Waals surface area contributed by atoms with Gasteiger partial charge in [0, 0.05) is 4.47 Å². The molecule has 1 aromatic carbocycles. The van der Waals surface area contributed by atoms with Gasteiger partial charge in [0.25, 0.3) is 0 Å². The maximum absolute atomic E-state index is 9.44. The number of halogens is 2. The molecule has 0 unspecified atom stereocenters. The van der Waals surface area contributed by atoms with Crippen LogP contribution in [0.5, 0.6) is 5.75 Å². The van der Waals surface area contributed by atoms with Crippen molar-refractivity contribution in [2.24, 2.45) is 5.73 Å². The molecule has 66 valence electrons. The highest BCUT2D eigenvalue weighted by atomic mass is 79.9. The van der Waals surface area contributed by atoms with Crippen LogP contribution in [0.2, 0.25) is 5.02 Å². The summed E-state index contributed by atoms with van der Waals surface area (Å²) in [6.45, 7) is 0.500. The van der Waals surface area contributed by atoms with Crippen molar-refractivity contribution in [2.45, 2.75) is 6.42 Å². The number of aromatic hydroxyl groups is 1. The van der Waals surface area contributed by atoms with Gasteiger partial charge in [-0.2, -0.15) is 0 Å². The van der Waals surface area contributed by atoms with E-state index in [9.17, 15) is 5.11 Å². The van der Waals surface area contributed by atoms with E-state index in [1.54, 1.807) is 6.07 Å². The van der Waals surface area contributed by atoms with E-state index in [1.165, 1.54) is 0 Å². The monoisotopic (exact) mass is 249 g/mol. The van der Waals surface area contributed by atoms with Gasteiger partial charge in [0.2, 0.25) is 0 Å². The van der Waals surface area contributed by atoms with Crippen molar-refractivity contribution >= 4 is 27.5 Å². The van der Waals surface area contributed by atoms with Gasteiger partial charge in [0.05, 0.1) is 5.02 Å². The lowest BCUT2D eigenvalue weighted by molar-refractivity contribution is 0.468. The first kappa shape index (κ1) is 9.84. The second-order valence-electron chi connectivity index (χ2n) is 2.43. The zero-order valence-electron chi connectivity index (χ0n) is 6.35. The first-order valence-electron chi connectivity index (χ1n) is 3.52. The van der Waals surface area contributed by atoms with Crippen LogP contribution in [0.1, 0.15) is 5.56 Å². The van der Waals surface area contributed by atoms with Crippen molar-refractivity contribution < 1.29 is 5.11 Å². The number of nitrogens with two attached hydrogens (primary N) is 1. The van der Waals surface area contributed by atoms with Crippen LogP contribution in [0, 0.1) is 0 Å². The molecule has 0 aliphatic heterocycles. The van der Waals surface area contributed by atoms with Crippen LogP contribution in [0.3, 0.4) is 0 Å². The highest BCUT2D eigenvalue weighted by molar-refractivity contribution is 9.10. The largest absolute Gasteiger partial charge is 0.506 e. The Balaban J connectivity index is 3.09. The Bertz CT molecular complexity index is 291. The molecule has 2 nitrogen and oxygen atoms in total. The van der Waals surface area contributed by atoms with Crippen LogP contribution >= 0.6 is 27.5 Å². The summed E-state index contributed by atoms with van der Waals surface area (Å²) in [6, 6.07) is 3.46. The molecule has 0 aromatic heterocycles. The van der Waals surface area contributed by atoms with E-state index in [1.807, 2.05) is 6.07 Å². The normalized spacial score (nSPS) is 10.2. The number of hydrogen-bond acceptors (Lipinski definition) is 2. The quantitative estimate of drug-likeness (QED) is 0.846. The molecule has 0 saturated carbocycles. The minimum absolute atomic E-state index is 0.130. The molecule has 0 heterocycles. The lowest BCUT2D eigenvalue weighted by Crippen LogP contribution is -2.02. The Labute approximate surface area is 84.5 Å². The van der Waals surface area contributed by atoms with Crippen molar-refractivity contribution in [3.05, 3.63) is 27.2 Å². The Kier molecular flexibility index (Phi) is 3.38. The molecule has 3 N–H and O–H groups in total. The van der Waals surface area contributed by atoms with E-state index >= 15 is 0 Å². The van der Waals surface area contributed by atoms with Crippen LogP contribution in [0.25, 0.3) is 0 Å². The molecule has 12 heavy (non-hydrogen) atoms. The van der Waals surface area contributed by atoms with Crippen molar-refractivity contribution in [3.63, 3.8) is 0 Å². The predicted octanol–water partition coefficient (Wildman–Crippen LogP) is 2.31. The number of phenols is 1. The summed E-state index contributed by atoms with van der Waals surface area (Å²) in [6.07, 6.45) is 0.630. The topological polar surface area (TPSA) is 46.2 Å². The lowest BCUT2D eigenvalue weighted by atomic mass is 10.1. The molecule has 1 rings (SSSR count). The molecule has 0 fully saturated rings. The van der Waals surface area contributed by atoms with Crippen LogP contribution in [0.4, 0.5) is 0 Å². The molecule has 0 atom stereocenters. The first-order chi connectivity index (χ1) is 5.65. The summed E-state index contributed by atoms with van der Waals surface area (Å²) in [4.78, 5) is 0. The molecule has 0 spiro atoms. The van der Waals surface area contributed by atoms with Gasteiger partial charge in [-0.3, -0.25) is 0 Å². The summed E-state index contributed by atoms with van der Waals surface area (Å²) in [5.41, 5.74) is 6.13. The second kappa shape index (κ2) is 4.12. The van der Waals surface area contributed by atoms with Crippen LogP contribution in [0.15, 0.2) is 16.6 Å². The summed E-state index contributed by atoms with van der Waals surface area (Å²) in [5.74, 6) is 0.130. The molecule has 4 heteroatoms. The third kappa shape index (κ3) is 2.12. The zero-order chi connectivity index (χ0) is 9.14. The summed E-state index contributed by atoms with van der Waals surface area (Å²) in [5, 5.41) is 9.80. The van der Waals surface area contributed by atoms with Gasteiger partial charge in [-0.25, -0.2) is 0 Å². The Morgan fingerprint density at radius 2 is 2.17 bits per heavy atom. The molecule has 1 aromatic rings. The zero-order valence-corrected chi connectivity index (χ0v) is 8.69. The SMILES string of the molecule is NCCc1cc(Br)cc(Cl)c1O. The van der Waals surface area contributed by atoms with Gasteiger partial charge in [0.15, 0.2) is 0 Å². The average Bonchev–Trinajstić information content (AvgIpc) is 2.00. The molecular weight excluding hydrogens is 241 g/mol. The maximum Gasteiger partial charge on any atom is 0.137 e. The molecule has 0 bridgehead atoms. The highest BCUT2D eigenvalue weighted by Gasteiger charge is 2.05. The highest BCUT2D eigenvalue weighted by Crippen LogP contribution is 2.31. The Morgan fingerprint density at radius 3 is 2.75 bits per heavy atom. The summed E-state index contributed by atoms with van der Waals surface area (Å²) >= 11 is 9.01. The second-order valence-corrected chi connectivity index (χ2v) is 3.76. The molecule has 0 aliphatic carbocycles. The fourth-order valence-electron chi connectivity index (χ4n) is 0.965. The standard InChI is InChI=1S/C8H9BrClNO/c9-6-3-5(1-2-11)8(12)7(10)4-6/h3-4,12H,1-2,11H2. The van der Waals surface area contributed by atoms with Crippen molar-refractivity contribution in [2.75, 3.05) is 6.54 Å². The fraction of sp³-hybridized carbons (Fsp3) is 0.250. The minimum atomic E-state index is 0.130. The smallest absolute Gasteiger partial charge is 0.137 e. The Morgan fingerprint density at radius 1 is 1.50 bits per heavy atom. The molecule has 0 amide bonds. The summed E-state index contributed by atoms with van der Waals surface area (Å²) in [7, 11) is 0. The van der Waals surface area contributed by atoms with Gasteiger partial charge in [-0.1, -0.05) is 27.5 Å². The van der Waals surface area contributed by atoms with E-state index in [4.69, 9.17) is 17.3 Å². The predicted molar refractivity (Wildman–Crippen MR) is 53.6 cm³/mol. The van der Waals surface area contributed by atoms with E-state index < -0.39 is 0 Å². The number of benzene rings is 1. The van der Waals surface area contributed by atoms with Gasteiger partial charge >= 0.3 is 0 Å². The van der Waals surface area contributed by atoms with Gasteiger partial charge in [-0.05, 0) is 30.7 Å². The maximum atomic E-state index is 9.44. The van der Waals surface area contributed by atoms with Gasteiger partial charge in [0.1, 0.15) is 5.75 Å². The minimum Gasteiger partial charge on any atom is -0.506 e. The van der Waals surface area contributed by atoms with E-state index in [0.717, 1.165) is 10.0 Å². The van der Waals surface area contributed by atoms with Gasteiger partial charge in [-0.15, -0.1) is 0 Å². The van der Waals surface area contributed by atoms with Crippen LogP contribution < -0.4 is 5.73 Å². The van der Waals surface area contributed by atoms with Crippen LogP contribution in [-0.2, 0) is 6.42 Å². The lowest BCUT2D eigenvalue weighted by Gasteiger charge is -2.05. The van der Waals surface area contributed by atoms with E-state index in [-0.39, 0.29) is 5.75 Å². The van der Waals surface area contributed by atoms with E-state index in [0.29, 0.717) is 18.0 Å². The molecule has 0 radical (unpaired) electrons. The number of rotatable bonds is 2. The van der Waals surface area contributed by atoms with Crippen molar-refractivity contribution in [1.82, 2.24) is 0 Å².